The van der Waals surface area contributed by atoms with Gasteiger partial charge < -0.3 is 14.4 Å². The molecule has 2 aliphatic rings. The molecule has 106 valence electrons. The Morgan fingerprint density at radius 3 is 3.00 bits per heavy atom. The van der Waals surface area contributed by atoms with E-state index in [0.29, 0.717) is 19.0 Å². The molecule has 1 aromatic heterocycles. The van der Waals surface area contributed by atoms with Gasteiger partial charge in [0.15, 0.2) is 0 Å². The van der Waals surface area contributed by atoms with Crippen molar-refractivity contribution in [2.24, 2.45) is 0 Å². The van der Waals surface area contributed by atoms with Crippen molar-refractivity contribution in [2.45, 2.75) is 26.2 Å². The van der Waals surface area contributed by atoms with Crippen LogP contribution in [0.3, 0.4) is 0 Å². The minimum Gasteiger partial charge on any atom is -0.467 e. The van der Waals surface area contributed by atoms with E-state index in [2.05, 4.69) is 14.9 Å². The van der Waals surface area contributed by atoms with Gasteiger partial charge in [-0.05, 0) is 26.2 Å². The molecule has 6 heteroatoms. The lowest BCUT2D eigenvalue weighted by Gasteiger charge is -2.28. The van der Waals surface area contributed by atoms with Crippen molar-refractivity contribution in [3.63, 3.8) is 0 Å². The number of fused-ring (bicyclic) bond motifs is 3. The zero-order chi connectivity index (χ0) is 14.1. The number of esters is 1. The summed E-state index contributed by atoms with van der Waals surface area (Å²) in [6, 6.07) is 0.356. The van der Waals surface area contributed by atoms with Gasteiger partial charge in [0, 0.05) is 24.0 Å². The fourth-order valence-electron chi connectivity index (χ4n) is 2.77. The molecular weight excluding hydrogens is 258 g/mol. The second-order valence-electron chi connectivity index (χ2n) is 4.75. The molecule has 20 heavy (non-hydrogen) atoms. The SMILES string of the molecule is CCOC(=O)C1=C2CCc3cnc(OC)nc3N2CC1. The number of carbonyl (C=O) groups excluding carboxylic acids is 1. The van der Waals surface area contributed by atoms with Crippen LogP contribution in [-0.2, 0) is 16.0 Å². The Labute approximate surface area is 117 Å². The van der Waals surface area contributed by atoms with Gasteiger partial charge in [0.25, 0.3) is 0 Å². The van der Waals surface area contributed by atoms with Gasteiger partial charge in [0.05, 0.1) is 19.3 Å². The van der Waals surface area contributed by atoms with Crippen molar-refractivity contribution in [3.8, 4) is 6.01 Å². The molecule has 0 amide bonds. The number of methoxy groups -OCH3 is 1. The van der Waals surface area contributed by atoms with Gasteiger partial charge in [-0.15, -0.1) is 0 Å². The second kappa shape index (κ2) is 5.11. The third-order valence-corrected chi connectivity index (χ3v) is 3.67. The van der Waals surface area contributed by atoms with Gasteiger partial charge in [-0.3, -0.25) is 0 Å². The molecule has 2 aliphatic heterocycles. The van der Waals surface area contributed by atoms with Crippen LogP contribution >= 0.6 is 0 Å². The Kier molecular flexibility index (Phi) is 3.30. The van der Waals surface area contributed by atoms with E-state index in [1.807, 2.05) is 6.92 Å². The van der Waals surface area contributed by atoms with Crippen molar-refractivity contribution in [1.29, 1.82) is 0 Å². The fraction of sp³-hybridized carbons (Fsp3) is 0.500. The van der Waals surface area contributed by atoms with Crippen LogP contribution in [0, 0.1) is 0 Å². The first-order chi connectivity index (χ1) is 9.74. The van der Waals surface area contributed by atoms with Crippen molar-refractivity contribution in [2.75, 3.05) is 25.2 Å². The largest absolute Gasteiger partial charge is 0.467 e. The average molecular weight is 275 g/mol. The summed E-state index contributed by atoms with van der Waals surface area (Å²) >= 11 is 0. The molecule has 1 aromatic rings. The number of hydrogen-bond donors (Lipinski definition) is 0. The summed E-state index contributed by atoms with van der Waals surface area (Å²) in [7, 11) is 1.55. The van der Waals surface area contributed by atoms with Crippen molar-refractivity contribution >= 4 is 11.8 Å². The summed E-state index contributed by atoms with van der Waals surface area (Å²) in [4.78, 5) is 22.6. The lowest BCUT2D eigenvalue weighted by Crippen LogP contribution is -2.26. The van der Waals surface area contributed by atoms with Crippen molar-refractivity contribution < 1.29 is 14.3 Å². The first-order valence-electron chi connectivity index (χ1n) is 6.81. The van der Waals surface area contributed by atoms with E-state index in [1.54, 1.807) is 13.3 Å². The summed E-state index contributed by atoms with van der Waals surface area (Å²) in [6.45, 7) is 2.99. The maximum atomic E-state index is 12.0. The van der Waals surface area contributed by atoms with Crippen LogP contribution in [0.15, 0.2) is 17.5 Å². The number of allylic oxidation sites excluding steroid dienone is 1. The molecule has 0 saturated heterocycles. The topological polar surface area (TPSA) is 64.5 Å². The second-order valence-corrected chi connectivity index (χ2v) is 4.75. The number of aryl methyl sites for hydroxylation is 1. The normalized spacial score (nSPS) is 16.8. The quantitative estimate of drug-likeness (QED) is 0.778. The Balaban J connectivity index is 1.97. The van der Waals surface area contributed by atoms with Gasteiger partial charge in [0.2, 0.25) is 0 Å². The Bertz CT molecular complexity index is 583. The van der Waals surface area contributed by atoms with Crippen molar-refractivity contribution in [1.82, 2.24) is 9.97 Å². The summed E-state index contributed by atoms with van der Waals surface area (Å²) in [5, 5.41) is 0. The number of anilines is 1. The summed E-state index contributed by atoms with van der Waals surface area (Å²) < 4.78 is 10.2. The number of nitrogens with zero attached hydrogens (tertiary/aromatic N) is 3. The zero-order valence-corrected chi connectivity index (χ0v) is 11.7. The molecule has 0 bridgehead atoms. The molecule has 0 aliphatic carbocycles. The van der Waals surface area contributed by atoms with Crippen molar-refractivity contribution in [3.05, 3.63) is 23.0 Å². The minimum absolute atomic E-state index is 0.200. The van der Waals surface area contributed by atoms with Crippen LogP contribution in [0.25, 0.3) is 0 Å². The van der Waals surface area contributed by atoms with Crippen LogP contribution in [0.1, 0.15) is 25.3 Å². The third kappa shape index (κ3) is 2.01. The smallest absolute Gasteiger partial charge is 0.335 e. The molecule has 6 nitrogen and oxygen atoms in total. The van der Waals surface area contributed by atoms with Crippen LogP contribution in [0.5, 0.6) is 6.01 Å². The highest BCUT2D eigenvalue weighted by molar-refractivity contribution is 5.91. The zero-order valence-electron chi connectivity index (χ0n) is 11.7. The highest BCUT2D eigenvalue weighted by Gasteiger charge is 2.33. The van der Waals surface area contributed by atoms with Gasteiger partial charge in [-0.1, -0.05) is 0 Å². The molecule has 0 unspecified atom stereocenters. The van der Waals surface area contributed by atoms with Crippen LogP contribution < -0.4 is 9.64 Å². The summed E-state index contributed by atoms with van der Waals surface area (Å²) in [5.41, 5.74) is 2.92. The molecule has 0 atom stereocenters. The van der Waals surface area contributed by atoms with E-state index in [-0.39, 0.29) is 5.97 Å². The summed E-state index contributed by atoms with van der Waals surface area (Å²) in [5.74, 6) is 0.659. The molecule has 0 N–H and O–H groups in total. The van der Waals surface area contributed by atoms with E-state index >= 15 is 0 Å². The first kappa shape index (κ1) is 12.9. The maximum absolute atomic E-state index is 12.0. The molecular formula is C14H17N3O3. The molecule has 0 aromatic carbocycles. The van der Waals surface area contributed by atoms with Gasteiger partial charge in [-0.25, -0.2) is 9.78 Å². The van der Waals surface area contributed by atoms with E-state index in [0.717, 1.165) is 42.0 Å². The van der Waals surface area contributed by atoms with Gasteiger partial charge >= 0.3 is 12.0 Å². The Hall–Kier alpha value is -2.11. The minimum atomic E-state index is -0.200. The van der Waals surface area contributed by atoms with Gasteiger partial charge in [0.1, 0.15) is 5.82 Å². The summed E-state index contributed by atoms with van der Waals surface area (Å²) in [6.07, 6.45) is 4.19. The van der Waals surface area contributed by atoms with Crippen LogP contribution in [-0.4, -0.2) is 36.2 Å². The predicted octanol–water partition coefficient (Wildman–Crippen LogP) is 1.46. The fourth-order valence-corrected chi connectivity index (χ4v) is 2.77. The van der Waals surface area contributed by atoms with E-state index < -0.39 is 0 Å². The molecule has 0 fully saturated rings. The van der Waals surface area contributed by atoms with Gasteiger partial charge in [-0.2, -0.15) is 4.98 Å². The highest BCUT2D eigenvalue weighted by atomic mass is 16.5. The maximum Gasteiger partial charge on any atom is 0.335 e. The number of aromatic nitrogens is 2. The number of hydrogen-bond acceptors (Lipinski definition) is 6. The van der Waals surface area contributed by atoms with Crippen LogP contribution in [0.4, 0.5) is 5.82 Å². The van der Waals surface area contributed by atoms with E-state index in [1.165, 1.54) is 0 Å². The van der Waals surface area contributed by atoms with Crippen LogP contribution in [0.2, 0.25) is 0 Å². The molecule has 0 spiro atoms. The Morgan fingerprint density at radius 2 is 2.25 bits per heavy atom. The number of carbonyl (C=O) groups is 1. The third-order valence-electron chi connectivity index (χ3n) is 3.67. The number of ether oxygens (including phenoxy) is 2. The molecule has 3 heterocycles. The van der Waals surface area contributed by atoms with E-state index in [4.69, 9.17) is 9.47 Å². The monoisotopic (exact) mass is 275 g/mol. The average Bonchev–Trinajstić information content (AvgIpc) is 2.91. The standard InChI is InChI=1S/C14H17N3O3/c1-3-20-13(18)10-6-7-17-11(10)5-4-9-8-15-14(19-2)16-12(9)17/h8H,3-7H2,1-2H3. The Morgan fingerprint density at radius 1 is 1.40 bits per heavy atom. The lowest BCUT2D eigenvalue weighted by molar-refractivity contribution is -0.138. The number of rotatable bonds is 3. The predicted molar refractivity (Wildman–Crippen MR) is 72.5 cm³/mol. The highest BCUT2D eigenvalue weighted by Crippen LogP contribution is 2.38. The first-order valence-corrected chi connectivity index (χ1v) is 6.81. The molecule has 0 saturated carbocycles. The molecule has 0 radical (unpaired) electrons. The molecule has 3 rings (SSSR count). The van der Waals surface area contributed by atoms with E-state index in [9.17, 15) is 4.79 Å². The lowest BCUT2D eigenvalue weighted by atomic mass is 10.0.